The minimum absolute atomic E-state index is 0.104. The molecule has 0 aliphatic carbocycles. The van der Waals surface area contributed by atoms with E-state index in [0.29, 0.717) is 0 Å². The van der Waals surface area contributed by atoms with Gasteiger partial charge >= 0.3 is 0 Å². The zero-order valence-corrected chi connectivity index (χ0v) is 12.2. The minimum Gasteiger partial charge on any atom is -0.324 e. The minimum atomic E-state index is 0.104. The van der Waals surface area contributed by atoms with Crippen molar-refractivity contribution >= 4 is 11.3 Å². The van der Waals surface area contributed by atoms with Crippen LogP contribution in [0.2, 0.25) is 0 Å². The quantitative estimate of drug-likeness (QED) is 0.876. The van der Waals surface area contributed by atoms with Crippen molar-refractivity contribution in [3.63, 3.8) is 0 Å². The molecule has 2 heteroatoms. The molecule has 0 radical (unpaired) electrons. The van der Waals surface area contributed by atoms with Crippen LogP contribution in [0.5, 0.6) is 0 Å². The number of hydrogen-bond donors (Lipinski definition) is 1. The summed E-state index contributed by atoms with van der Waals surface area (Å²) in [5.41, 5.74) is 10.2. The summed E-state index contributed by atoms with van der Waals surface area (Å²) < 4.78 is 0. The van der Waals surface area contributed by atoms with Crippen molar-refractivity contribution in [3.8, 4) is 0 Å². The van der Waals surface area contributed by atoms with E-state index >= 15 is 0 Å². The second kappa shape index (κ2) is 5.68. The van der Waals surface area contributed by atoms with Gasteiger partial charge in [-0.1, -0.05) is 25.1 Å². The van der Waals surface area contributed by atoms with Crippen LogP contribution in [-0.2, 0) is 12.8 Å². The number of aryl methyl sites for hydroxylation is 3. The molecule has 1 nitrogen and oxygen atoms in total. The summed E-state index contributed by atoms with van der Waals surface area (Å²) >= 11 is 1.88. The lowest BCUT2D eigenvalue weighted by Gasteiger charge is -2.12. The van der Waals surface area contributed by atoms with E-state index in [0.717, 1.165) is 12.8 Å². The average molecular weight is 259 g/mol. The maximum absolute atomic E-state index is 6.30. The monoisotopic (exact) mass is 259 g/mol. The lowest BCUT2D eigenvalue weighted by Crippen LogP contribution is -2.12. The van der Waals surface area contributed by atoms with Crippen LogP contribution in [-0.4, -0.2) is 0 Å². The SMILES string of the molecule is CCc1ccc(CC(N)c2ccc(C)c(C)c2)s1. The van der Waals surface area contributed by atoms with E-state index in [-0.39, 0.29) is 6.04 Å². The van der Waals surface area contributed by atoms with E-state index in [1.54, 1.807) is 0 Å². The van der Waals surface area contributed by atoms with Gasteiger partial charge in [0.2, 0.25) is 0 Å². The Hall–Kier alpha value is -1.12. The molecule has 1 aromatic heterocycles. The van der Waals surface area contributed by atoms with Gasteiger partial charge in [0.15, 0.2) is 0 Å². The van der Waals surface area contributed by atoms with Crippen LogP contribution in [0, 0.1) is 13.8 Å². The predicted molar refractivity (Wildman–Crippen MR) is 80.2 cm³/mol. The van der Waals surface area contributed by atoms with Gasteiger partial charge in [-0.15, -0.1) is 11.3 Å². The van der Waals surface area contributed by atoms with Crippen LogP contribution in [0.1, 0.15) is 39.4 Å². The molecular weight excluding hydrogens is 238 g/mol. The van der Waals surface area contributed by atoms with Crippen molar-refractivity contribution in [2.45, 2.75) is 39.7 Å². The first-order valence-electron chi connectivity index (χ1n) is 6.50. The number of benzene rings is 1. The Labute approximate surface area is 114 Å². The molecule has 2 rings (SSSR count). The summed E-state index contributed by atoms with van der Waals surface area (Å²) in [6, 6.07) is 11.1. The van der Waals surface area contributed by atoms with Crippen LogP contribution in [0.15, 0.2) is 30.3 Å². The van der Waals surface area contributed by atoms with Crippen LogP contribution < -0.4 is 5.73 Å². The molecule has 0 bridgehead atoms. The molecule has 0 aliphatic rings. The van der Waals surface area contributed by atoms with Gasteiger partial charge in [-0.3, -0.25) is 0 Å². The molecule has 0 amide bonds. The molecule has 96 valence electrons. The summed E-state index contributed by atoms with van der Waals surface area (Å²) in [4.78, 5) is 2.83. The third-order valence-corrected chi connectivity index (χ3v) is 4.70. The van der Waals surface area contributed by atoms with Gasteiger partial charge in [0, 0.05) is 22.2 Å². The Morgan fingerprint density at radius 1 is 1.06 bits per heavy atom. The number of nitrogens with two attached hydrogens (primary N) is 1. The summed E-state index contributed by atoms with van der Waals surface area (Å²) in [5.74, 6) is 0. The number of thiophene rings is 1. The van der Waals surface area contributed by atoms with Crippen LogP contribution in [0.4, 0.5) is 0 Å². The van der Waals surface area contributed by atoms with E-state index in [4.69, 9.17) is 5.73 Å². The Balaban J connectivity index is 2.11. The average Bonchev–Trinajstić information content (AvgIpc) is 2.80. The molecule has 1 heterocycles. The van der Waals surface area contributed by atoms with Gasteiger partial charge in [0.25, 0.3) is 0 Å². The Bertz CT molecular complexity index is 528. The Kier molecular flexibility index (Phi) is 4.20. The molecule has 0 spiro atoms. The molecule has 2 N–H and O–H groups in total. The number of hydrogen-bond acceptors (Lipinski definition) is 2. The highest BCUT2D eigenvalue weighted by molar-refractivity contribution is 7.11. The zero-order valence-electron chi connectivity index (χ0n) is 11.4. The molecule has 2 aromatic rings. The zero-order chi connectivity index (χ0) is 13.1. The molecule has 0 saturated heterocycles. The fourth-order valence-corrected chi connectivity index (χ4v) is 3.07. The third-order valence-electron chi connectivity index (χ3n) is 3.45. The Morgan fingerprint density at radius 2 is 1.78 bits per heavy atom. The molecule has 1 aromatic carbocycles. The molecule has 0 saturated carbocycles. The highest BCUT2D eigenvalue weighted by Crippen LogP contribution is 2.24. The first-order chi connectivity index (χ1) is 8.60. The molecular formula is C16H21NS. The van der Waals surface area contributed by atoms with E-state index in [1.807, 2.05) is 11.3 Å². The first kappa shape index (κ1) is 13.3. The summed E-state index contributed by atoms with van der Waals surface area (Å²) in [6.45, 7) is 6.47. The van der Waals surface area contributed by atoms with E-state index in [9.17, 15) is 0 Å². The van der Waals surface area contributed by atoms with Crippen molar-refractivity contribution in [2.75, 3.05) is 0 Å². The van der Waals surface area contributed by atoms with Gasteiger partial charge in [0.1, 0.15) is 0 Å². The fourth-order valence-electron chi connectivity index (χ4n) is 2.05. The molecule has 1 atom stereocenters. The van der Waals surface area contributed by atoms with Gasteiger partial charge in [-0.05, 0) is 49.1 Å². The Morgan fingerprint density at radius 3 is 2.39 bits per heavy atom. The van der Waals surface area contributed by atoms with Gasteiger partial charge in [-0.2, -0.15) is 0 Å². The summed E-state index contributed by atoms with van der Waals surface area (Å²) in [6.07, 6.45) is 2.05. The predicted octanol–water partition coefficient (Wildman–Crippen LogP) is 4.17. The van der Waals surface area contributed by atoms with Crippen molar-refractivity contribution in [3.05, 3.63) is 56.8 Å². The van der Waals surface area contributed by atoms with Crippen LogP contribution >= 0.6 is 11.3 Å². The summed E-state index contributed by atoms with van der Waals surface area (Å²) in [5, 5.41) is 0. The second-order valence-corrected chi connectivity index (χ2v) is 6.13. The third kappa shape index (κ3) is 3.01. The smallest absolute Gasteiger partial charge is 0.0343 e. The molecule has 18 heavy (non-hydrogen) atoms. The second-order valence-electron chi connectivity index (χ2n) is 4.88. The fraction of sp³-hybridized carbons (Fsp3) is 0.375. The topological polar surface area (TPSA) is 26.0 Å². The molecule has 1 unspecified atom stereocenters. The molecule has 0 aliphatic heterocycles. The van der Waals surface area contributed by atoms with Gasteiger partial charge in [-0.25, -0.2) is 0 Å². The van der Waals surface area contributed by atoms with Gasteiger partial charge < -0.3 is 5.73 Å². The van der Waals surface area contributed by atoms with E-state index in [1.165, 1.54) is 26.4 Å². The lowest BCUT2D eigenvalue weighted by atomic mass is 9.99. The van der Waals surface area contributed by atoms with Crippen molar-refractivity contribution in [2.24, 2.45) is 5.73 Å². The van der Waals surface area contributed by atoms with Crippen LogP contribution in [0.25, 0.3) is 0 Å². The van der Waals surface area contributed by atoms with E-state index in [2.05, 4.69) is 51.1 Å². The van der Waals surface area contributed by atoms with Crippen LogP contribution in [0.3, 0.4) is 0 Å². The van der Waals surface area contributed by atoms with E-state index < -0.39 is 0 Å². The van der Waals surface area contributed by atoms with Gasteiger partial charge in [0.05, 0.1) is 0 Å². The largest absolute Gasteiger partial charge is 0.324 e. The first-order valence-corrected chi connectivity index (χ1v) is 7.32. The lowest BCUT2D eigenvalue weighted by molar-refractivity contribution is 0.729. The van der Waals surface area contributed by atoms with Crippen molar-refractivity contribution < 1.29 is 0 Å². The maximum atomic E-state index is 6.30. The summed E-state index contributed by atoms with van der Waals surface area (Å²) in [7, 11) is 0. The van der Waals surface area contributed by atoms with Crippen molar-refractivity contribution in [1.82, 2.24) is 0 Å². The normalized spacial score (nSPS) is 12.7. The standard InChI is InChI=1S/C16H21NS/c1-4-14-7-8-15(18-14)10-16(17)13-6-5-11(2)12(3)9-13/h5-9,16H,4,10,17H2,1-3H3. The molecule has 0 fully saturated rings. The van der Waals surface area contributed by atoms with Crippen molar-refractivity contribution in [1.29, 1.82) is 0 Å². The highest BCUT2D eigenvalue weighted by Gasteiger charge is 2.09. The number of rotatable bonds is 4. The highest BCUT2D eigenvalue weighted by atomic mass is 32.1. The maximum Gasteiger partial charge on any atom is 0.0343 e.